The maximum atomic E-state index is 12.3. The first-order valence-corrected chi connectivity index (χ1v) is 5.83. The van der Waals surface area contributed by atoms with Crippen molar-refractivity contribution in [2.45, 2.75) is 32.1 Å². The smallest absolute Gasteiger partial charge is 0.435 e. The molecule has 1 heterocycles. The van der Waals surface area contributed by atoms with E-state index in [0.29, 0.717) is 6.42 Å². The van der Waals surface area contributed by atoms with Gasteiger partial charge in [-0.25, -0.2) is 0 Å². The van der Waals surface area contributed by atoms with Gasteiger partial charge in [-0.3, -0.25) is 9.48 Å². The molecule has 108 valence electrons. The van der Waals surface area contributed by atoms with Crippen LogP contribution in [0, 0.1) is 0 Å². The molecule has 0 aromatic carbocycles. The summed E-state index contributed by atoms with van der Waals surface area (Å²) in [5.41, 5.74) is -0.940. The van der Waals surface area contributed by atoms with Crippen molar-refractivity contribution in [3.05, 3.63) is 18.0 Å². The third-order valence-corrected chi connectivity index (χ3v) is 2.50. The Balaban J connectivity index is 2.56. The van der Waals surface area contributed by atoms with Gasteiger partial charge in [0.05, 0.1) is 6.61 Å². The highest BCUT2D eigenvalue weighted by molar-refractivity contribution is 5.75. The Morgan fingerprint density at radius 1 is 1.58 bits per heavy atom. The summed E-state index contributed by atoms with van der Waals surface area (Å²) in [6.45, 7) is 2.14. The molecule has 8 heteroatoms. The molecule has 0 radical (unpaired) electrons. The second-order valence-corrected chi connectivity index (χ2v) is 3.84. The molecule has 0 saturated carbocycles. The first kappa shape index (κ1) is 15.5. The van der Waals surface area contributed by atoms with Gasteiger partial charge in [0.2, 0.25) is 0 Å². The number of hydrogen-bond acceptors (Lipinski definition) is 4. The lowest BCUT2D eigenvalue weighted by Gasteiger charge is -2.14. The molecule has 1 atom stereocenters. The number of hydrogen-bond donors (Lipinski definition) is 1. The van der Waals surface area contributed by atoms with Crippen LogP contribution in [0.1, 0.15) is 19.0 Å². The number of ether oxygens (including phenoxy) is 1. The average Bonchev–Trinajstić information content (AvgIpc) is 2.78. The molecule has 0 amide bonds. The lowest BCUT2D eigenvalue weighted by molar-refractivity contribution is -0.146. The van der Waals surface area contributed by atoms with Crippen LogP contribution in [0.15, 0.2) is 12.3 Å². The number of rotatable bonds is 6. The molecule has 5 nitrogen and oxygen atoms in total. The highest BCUT2D eigenvalue weighted by Gasteiger charge is 2.33. The van der Waals surface area contributed by atoms with Gasteiger partial charge < -0.3 is 10.1 Å². The maximum Gasteiger partial charge on any atom is 0.435 e. The number of carbonyl (C=O) groups excluding carboxylic acids is 1. The van der Waals surface area contributed by atoms with E-state index in [-0.39, 0.29) is 13.2 Å². The van der Waals surface area contributed by atoms with Gasteiger partial charge in [0.15, 0.2) is 5.69 Å². The number of nitrogens with zero attached hydrogens (tertiary/aromatic N) is 2. The number of esters is 1. The molecule has 0 bridgehead atoms. The zero-order chi connectivity index (χ0) is 14.5. The van der Waals surface area contributed by atoms with Gasteiger partial charge in [-0.1, -0.05) is 0 Å². The normalized spacial score (nSPS) is 13.3. The van der Waals surface area contributed by atoms with Crippen LogP contribution in [-0.4, -0.2) is 35.4 Å². The van der Waals surface area contributed by atoms with E-state index >= 15 is 0 Å². The summed E-state index contributed by atoms with van der Waals surface area (Å²) < 4.78 is 43.0. The van der Waals surface area contributed by atoms with E-state index in [2.05, 4.69) is 10.4 Å². The lowest BCUT2D eigenvalue weighted by atomic mass is 10.2. The third-order valence-electron chi connectivity index (χ3n) is 2.50. The molecule has 1 unspecified atom stereocenters. The Morgan fingerprint density at radius 2 is 2.26 bits per heavy atom. The monoisotopic (exact) mass is 279 g/mol. The van der Waals surface area contributed by atoms with Crippen LogP contribution in [0.2, 0.25) is 0 Å². The number of halogens is 3. The van der Waals surface area contributed by atoms with E-state index in [1.54, 1.807) is 14.0 Å². The average molecular weight is 279 g/mol. The van der Waals surface area contributed by atoms with Crippen molar-refractivity contribution in [2.24, 2.45) is 0 Å². The van der Waals surface area contributed by atoms with Crippen LogP contribution in [0.25, 0.3) is 0 Å². The maximum absolute atomic E-state index is 12.3. The highest BCUT2D eigenvalue weighted by Crippen LogP contribution is 2.27. The number of carbonyl (C=O) groups is 1. The van der Waals surface area contributed by atoms with Crippen LogP contribution >= 0.6 is 0 Å². The highest BCUT2D eigenvalue weighted by atomic mass is 19.4. The van der Waals surface area contributed by atoms with Gasteiger partial charge in [0.25, 0.3) is 0 Å². The summed E-state index contributed by atoms with van der Waals surface area (Å²) in [4.78, 5) is 11.5. The molecule has 0 saturated heterocycles. The third kappa shape index (κ3) is 4.55. The summed E-state index contributed by atoms with van der Waals surface area (Å²) in [6.07, 6.45) is -2.91. The predicted octanol–water partition coefficient (Wildman–Crippen LogP) is 1.44. The van der Waals surface area contributed by atoms with Crippen molar-refractivity contribution in [3.63, 3.8) is 0 Å². The largest absolute Gasteiger partial charge is 0.465 e. The van der Waals surface area contributed by atoms with Crippen molar-refractivity contribution in [3.8, 4) is 0 Å². The zero-order valence-corrected chi connectivity index (χ0v) is 10.7. The van der Waals surface area contributed by atoms with Crippen LogP contribution in [0.3, 0.4) is 0 Å². The fourth-order valence-electron chi connectivity index (χ4n) is 1.52. The van der Waals surface area contributed by atoms with E-state index in [1.165, 1.54) is 6.20 Å². The number of nitrogens with one attached hydrogen (secondary N) is 1. The Morgan fingerprint density at radius 3 is 2.74 bits per heavy atom. The summed E-state index contributed by atoms with van der Waals surface area (Å²) >= 11 is 0. The van der Waals surface area contributed by atoms with Gasteiger partial charge in [0.1, 0.15) is 6.04 Å². The number of aryl methyl sites for hydroxylation is 1. The zero-order valence-electron chi connectivity index (χ0n) is 10.7. The minimum atomic E-state index is -4.45. The Hall–Kier alpha value is -1.57. The van der Waals surface area contributed by atoms with Gasteiger partial charge in [-0.2, -0.15) is 18.3 Å². The van der Waals surface area contributed by atoms with Gasteiger partial charge in [0, 0.05) is 12.7 Å². The van der Waals surface area contributed by atoms with Crippen LogP contribution in [-0.2, 0) is 22.3 Å². The second-order valence-electron chi connectivity index (χ2n) is 3.84. The Bertz CT molecular complexity index is 418. The van der Waals surface area contributed by atoms with Gasteiger partial charge >= 0.3 is 12.1 Å². The standard InChI is InChI=1S/C11H16F3N3O2/c1-3-19-10(18)8(15-2)4-6-17-7-5-9(16-17)11(12,13)14/h5,7-8,15H,3-4,6H2,1-2H3. The Kier molecular flexibility index (Phi) is 5.34. The molecule has 0 fully saturated rings. The van der Waals surface area contributed by atoms with Gasteiger partial charge in [-0.05, 0) is 26.5 Å². The number of likely N-dealkylation sites (N-methyl/N-ethyl adjacent to an activating group) is 1. The van der Waals surface area contributed by atoms with Crippen molar-refractivity contribution in [1.29, 1.82) is 0 Å². The molecule has 0 aliphatic rings. The fraction of sp³-hybridized carbons (Fsp3) is 0.636. The minimum Gasteiger partial charge on any atom is -0.465 e. The first-order valence-electron chi connectivity index (χ1n) is 5.83. The summed E-state index contributed by atoms with van der Waals surface area (Å²) in [5, 5.41) is 6.16. The number of aromatic nitrogens is 2. The molecule has 1 aromatic rings. The SMILES string of the molecule is CCOC(=O)C(CCn1ccc(C(F)(F)F)n1)NC. The molecule has 1 rings (SSSR count). The van der Waals surface area contributed by atoms with E-state index in [9.17, 15) is 18.0 Å². The fourth-order valence-corrected chi connectivity index (χ4v) is 1.52. The summed E-state index contributed by atoms with van der Waals surface area (Å²) in [6, 6.07) is 0.345. The summed E-state index contributed by atoms with van der Waals surface area (Å²) in [5.74, 6) is -0.423. The van der Waals surface area contributed by atoms with Crippen molar-refractivity contribution >= 4 is 5.97 Å². The summed E-state index contributed by atoms with van der Waals surface area (Å²) in [7, 11) is 1.59. The second kappa shape index (κ2) is 6.55. The minimum absolute atomic E-state index is 0.195. The molecule has 0 aliphatic carbocycles. The van der Waals surface area contributed by atoms with E-state index < -0.39 is 23.9 Å². The van der Waals surface area contributed by atoms with Gasteiger partial charge in [-0.15, -0.1) is 0 Å². The van der Waals surface area contributed by atoms with E-state index in [4.69, 9.17) is 4.74 Å². The molecule has 1 N–H and O–H groups in total. The van der Waals surface area contributed by atoms with Crippen molar-refractivity contribution in [1.82, 2.24) is 15.1 Å². The van der Waals surface area contributed by atoms with Crippen molar-refractivity contribution < 1.29 is 22.7 Å². The molecule has 0 spiro atoms. The topological polar surface area (TPSA) is 56.2 Å². The van der Waals surface area contributed by atoms with Crippen molar-refractivity contribution in [2.75, 3.05) is 13.7 Å². The molecule has 1 aromatic heterocycles. The van der Waals surface area contributed by atoms with Crippen LogP contribution in [0.4, 0.5) is 13.2 Å². The van der Waals surface area contributed by atoms with E-state index in [0.717, 1.165) is 10.7 Å². The van der Waals surface area contributed by atoms with Crippen LogP contribution < -0.4 is 5.32 Å². The predicted molar refractivity (Wildman–Crippen MR) is 61.3 cm³/mol. The Labute approximate surface area is 108 Å². The van der Waals surface area contributed by atoms with E-state index in [1.807, 2.05) is 0 Å². The molecule has 0 aliphatic heterocycles. The number of alkyl halides is 3. The molecular weight excluding hydrogens is 263 g/mol. The first-order chi connectivity index (χ1) is 8.88. The molecular formula is C11H16F3N3O2. The lowest BCUT2D eigenvalue weighted by Crippen LogP contribution is -2.36. The quantitative estimate of drug-likeness (QED) is 0.801. The van der Waals surface area contributed by atoms with Crippen LogP contribution in [0.5, 0.6) is 0 Å². The molecule has 19 heavy (non-hydrogen) atoms.